The predicted octanol–water partition coefficient (Wildman–Crippen LogP) is 1.69. The first-order valence-electron chi connectivity index (χ1n) is 8.94. The van der Waals surface area contributed by atoms with Crippen LogP contribution < -0.4 is 26.2 Å². The van der Waals surface area contributed by atoms with Crippen molar-refractivity contribution in [1.82, 2.24) is 16.2 Å². The van der Waals surface area contributed by atoms with Crippen LogP contribution in [0, 0.1) is 0 Å². The van der Waals surface area contributed by atoms with Gasteiger partial charge in [0.15, 0.2) is 11.7 Å². The first kappa shape index (κ1) is 19.6. The molecule has 1 aliphatic heterocycles. The van der Waals surface area contributed by atoms with Crippen molar-refractivity contribution in [1.29, 1.82) is 0 Å². The third kappa shape index (κ3) is 5.68. The van der Waals surface area contributed by atoms with E-state index in [0.29, 0.717) is 17.3 Å². The predicted molar refractivity (Wildman–Crippen MR) is 111 cm³/mol. The number of hydrogen-bond acceptors (Lipinski definition) is 4. The van der Waals surface area contributed by atoms with Gasteiger partial charge in [0.05, 0.1) is 6.42 Å². The maximum absolute atomic E-state index is 11.9. The molecule has 0 spiro atoms. The lowest BCUT2D eigenvalue weighted by atomic mass is 10.1. The molecule has 4 N–H and O–H groups in total. The van der Waals surface area contributed by atoms with Crippen molar-refractivity contribution in [3.8, 4) is 5.75 Å². The van der Waals surface area contributed by atoms with E-state index in [-0.39, 0.29) is 24.5 Å². The van der Waals surface area contributed by atoms with E-state index in [4.69, 9.17) is 17.0 Å². The summed E-state index contributed by atoms with van der Waals surface area (Å²) in [6, 6.07) is 15.4. The Hall–Kier alpha value is -3.13. The van der Waals surface area contributed by atoms with E-state index in [2.05, 4.69) is 33.6 Å². The molecular weight excluding hydrogens is 376 g/mol. The van der Waals surface area contributed by atoms with Crippen molar-refractivity contribution >= 4 is 34.8 Å². The van der Waals surface area contributed by atoms with E-state index in [1.807, 2.05) is 25.1 Å². The number of ether oxygens (including phenoxy) is 1. The SMILES string of the molecule is CC(Cc1ccccc1)NC(=S)NNC(=O)COc1ccc2c(c1)CC(=O)N2. The quantitative estimate of drug-likeness (QED) is 0.437. The van der Waals surface area contributed by atoms with Crippen LogP contribution in [0.4, 0.5) is 5.69 Å². The molecule has 0 radical (unpaired) electrons. The first-order chi connectivity index (χ1) is 13.5. The third-order valence-corrected chi connectivity index (χ3v) is 4.37. The molecule has 1 unspecified atom stereocenters. The largest absolute Gasteiger partial charge is 0.484 e. The number of amides is 2. The average Bonchev–Trinajstić information content (AvgIpc) is 3.04. The number of nitrogens with one attached hydrogen (secondary N) is 4. The molecule has 2 aromatic rings. The Balaban J connectivity index is 1.36. The van der Waals surface area contributed by atoms with Crippen LogP contribution in [-0.2, 0) is 22.4 Å². The monoisotopic (exact) mass is 398 g/mol. The summed E-state index contributed by atoms with van der Waals surface area (Å²) in [7, 11) is 0. The highest BCUT2D eigenvalue weighted by atomic mass is 32.1. The summed E-state index contributed by atoms with van der Waals surface area (Å²) in [5, 5.41) is 6.20. The number of hydrazine groups is 1. The molecule has 1 atom stereocenters. The van der Waals surface area contributed by atoms with Crippen LogP contribution in [0.3, 0.4) is 0 Å². The molecule has 146 valence electrons. The topological polar surface area (TPSA) is 91.5 Å². The maximum atomic E-state index is 11.9. The minimum Gasteiger partial charge on any atom is -0.484 e. The summed E-state index contributed by atoms with van der Waals surface area (Å²) in [4.78, 5) is 23.3. The van der Waals surface area contributed by atoms with Gasteiger partial charge in [-0.25, -0.2) is 0 Å². The van der Waals surface area contributed by atoms with Gasteiger partial charge in [0.1, 0.15) is 5.75 Å². The van der Waals surface area contributed by atoms with Crippen LogP contribution in [-0.4, -0.2) is 29.6 Å². The molecule has 0 fully saturated rings. The lowest BCUT2D eigenvalue weighted by Crippen LogP contribution is -2.50. The number of carbonyl (C=O) groups is 2. The van der Waals surface area contributed by atoms with E-state index in [9.17, 15) is 9.59 Å². The van der Waals surface area contributed by atoms with Crippen LogP contribution in [0.5, 0.6) is 5.75 Å². The van der Waals surface area contributed by atoms with Gasteiger partial charge in [-0.2, -0.15) is 0 Å². The summed E-state index contributed by atoms with van der Waals surface area (Å²) in [6.07, 6.45) is 1.14. The van der Waals surface area contributed by atoms with E-state index in [1.54, 1.807) is 18.2 Å². The lowest BCUT2D eigenvalue weighted by molar-refractivity contribution is -0.123. The Morgan fingerprint density at radius 2 is 2.00 bits per heavy atom. The van der Waals surface area contributed by atoms with Crippen LogP contribution in [0.1, 0.15) is 18.1 Å². The fourth-order valence-corrected chi connectivity index (χ4v) is 3.14. The molecule has 2 aromatic carbocycles. The summed E-state index contributed by atoms with van der Waals surface area (Å²) < 4.78 is 5.47. The highest BCUT2D eigenvalue weighted by Crippen LogP contribution is 2.26. The summed E-state index contributed by atoms with van der Waals surface area (Å²) in [5.41, 5.74) is 8.01. The summed E-state index contributed by atoms with van der Waals surface area (Å²) >= 11 is 5.19. The number of hydrogen-bond donors (Lipinski definition) is 4. The van der Waals surface area contributed by atoms with Crippen LogP contribution in [0.15, 0.2) is 48.5 Å². The molecule has 0 saturated carbocycles. The van der Waals surface area contributed by atoms with Gasteiger partial charge in [-0.05, 0) is 54.9 Å². The second-order valence-corrected chi connectivity index (χ2v) is 6.98. The number of fused-ring (bicyclic) bond motifs is 1. The van der Waals surface area contributed by atoms with E-state index >= 15 is 0 Å². The molecule has 0 aromatic heterocycles. The number of anilines is 1. The van der Waals surface area contributed by atoms with Crippen molar-refractivity contribution < 1.29 is 14.3 Å². The van der Waals surface area contributed by atoms with Crippen molar-refractivity contribution in [3.05, 3.63) is 59.7 Å². The molecule has 0 bridgehead atoms. The lowest BCUT2D eigenvalue weighted by Gasteiger charge is -2.17. The molecule has 0 aliphatic carbocycles. The Kier molecular flexibility index (Phi) is 6.44. The van der Waals surface area contributed by atoms with Gasteiger partial charge in [0, 0.05) is 11.7 Å². The molecule has 0 saturated heterocycles. The highest BCUT2D eigenvalue weighted by molar-refractivity contribution is 7.80. The molecule has 8 heteroatoms. The first-order valence-corrected chi connectivity index (χ1v) is 9.35. The van der Waals surface area contributed by atoms with E-state index in [0.717, 1.165) is 17.7 Å². The molecule has 1 aliphatic rings. The second-order valence-electron chi connectivity index (χ2n) is 6.57. The standard InChI is InChI=1S/C20H22N4O3S/c1-13(9-14-5-3-2-4-6-14)21-20(28)24-23-19(26)12-27-16-7-8-17-15(10-16)11-18(25)22-17/h2-8,10,13H,9,11-12H2,1H3,(H,22,25)(H,23,26)(H2,21,24,28). The molecule has 28 heavy (non-hydrogen) atoms. The zero-order valence-corrected chi connectivity index (χ0v) is 16.3. The minimum absolute atomic E-state index is 0.0448. The van der Waals surface area contributed by atoms with E-state index < -0.39 is 0 Å². The van der Waals surface area contributed by atoms with Crippen molar-refractivity contribution in [3.63, 3.8) is 0 Å². The van der Waals surface area contributed by atoms with Gasteiger partial charge in [-0.3, -0.25) is 20.4 Å². The van der Waals surface area contributed by atoms with Crippen LogP contribution in [0.25, 0.3) is 0 Å². The molecule has 7 nitrogen and oxygen atoms in total. The number of carbonyl (C=O) groups excluding carboxylic acids is 2. The Morgan fingerprint density at radius 1 is 1.21 bits per heavy atom. The number of thiocarbonyl (C=S) groups is 1. The van der Waals surface area contributed by atoms with Crippen molar-refractivity contribution in [2.24, 2.45) is 0 Å². The Bertz CT molecular complexity index is 873. The second kappa shape index (κ2) is 9.18. The fraction of sp³-hybridized carbons (Fsp3) is 0.250. The van der Waals surface area contributed by atoms with E-state index in [1.165, 1.54) is 5.56 Å². The fourth-order valence-electron chi connectivity index (χ4n) is 2.89. The van der Waals surface area contributed by atoms with Gasteiger partial charge in [0.25, 0.3) is 5.91 Å². The number of rotatable bonds is 6. The normalized spacial score (nSPS) is 13.1. The van der Waals surface area contributed by atoms with Crippen LogP contribution in [0.2, 0.25) is 0 Å². The average molecular weight is 398 g/mol. The number of benzene rings is 2. The summed E-state index contributed by atoms with van der Waals surface area (Å²) in [5.74, 6) is 0.119. The van der Waals surface area contributed by atoms with Gasteiger partial charge < -0.3 is 15.4 Å². The Morgan fingerprint density at radius 3 is 2.79 bits per heavy atom. The van der Waals surface area contributed by atoms with Gasteiger partial charge in [-0.1, -0.05) is 30.3 Å². The molecule has 1 heterocycles. The highest BCUT2D eigenvalue weighted by Gasteiger charge is 2.18. The van der Waals surface area contributed by atoms with Crippen molar-refractivity contribution in [2.75, 3.05) is 11.9 Å². The van der Waals surface area contributed by atoms with Gasteiger partial charge in [0.2, 0.25) is 5.91 Å². The molecule has 2 amide bonds. The van der Waals surface area contributed by atoms with Crippen LogP contribution >= 0.6 is 12.2 Å². The zero-order chi connectivity index (χ0) is 19.9. The third-order valence-electron chi connectivity index (χ3n) is 4.15. The zero-order valence-electron chi connectivity index (χ0n) is 15.5. The maximum Gasteiger partial charge on any atom is 0.276 e. The smallest absolute Gasteiger partial charge is 0.276 e. The minimum atomic E-state index is -0.366. The van der Waals surface area contributed by atoms with Gasteiger partial charge in [-0.15, -0.1) is 0 Å². The molecule has 3 rings (SSSR count). The van der Waals surface area contributed by atoms with Gasteiger partial charge >= 0.3 is 0 Å². The summed E-state index contributed by atoms with van der Waals surface area (Å²) in [6.45, 7) is 1.84. The Labute approximate surface area is 168 Å². The molecular formula is C20H22N4O3S. The van der Waals surface area contributed by atoms with Crippen molar-refractivity contribution in [2.45, 2.75) is 25.8 Å².